The van der Waals surface area contributed by atoms with Crippen LogP contribution in [0, 0.1) is 0 Å². The lowest BCUT2D eigenvalue weighted by Gasteiger charge is -2.07. The van der Waals surface area contributed by atoms with E-state index in [0.717, 1.165) is 23.4 Å². The highest BCUT2D eigenvalue weighted by Crippen LogP contribution is 2.16. The van der Waals surface area contributed by atoms with Crippen LogP contribution in [0.5, 0.6) is 0 Å². The van der Waals surface area contributed by atoms with Crippen molar-refractivity contribution in [2.75, 3.05) is 11.6 Å². The van der Waals surface area contributed by atoms with Gasteiger partial charge in [-0.1, -0.05) is 30.4 Å². The number of aromatic nitrogens is 2. The zero-order valence-corrected chi connectivity index (χ0v) is 17.9. The van der Waals surface area contributed by atoms with Gasteiger partial charge >= 0.3 is 0 Å². The quantitative estimate of drug-likeness (QED) is 0.522. The minimum absolute atomic E-state index is 0.162. The molecule has 0 spiro atoms. The Bertz CT molecular complexity index is 969. The van der Waals surface area contributed by atoms with Crippen LogP contribution in [0.15, 0.2) is 53.4 Å². The first kappa shape index (κ1) is 21.0. The second kappa shape index (κ2) is 10.2. The Hall–Kier alpha value is -2.71. The van der Waals surface area contributed by atoms with Gasteiger partial charge in [0.1, 0.15) is 5.01 Å². The van der Waals surface area contributed by atoms with E-state index < -0.39 is 0 Å². The zero-order chi connectivity index (χ0) is 20.6. The van der Waals surface area contributed by atoms with Gasteiger partial charge in [0.2, 0.25) is 5.01 Å². The molecule has 29 heavy (non-hydrogen) atoms. The van der Waals surface area contributed by atoms with Crippen LogP contribution in [0.25, 0.3) is 0 Å². The maximum atomic E-state index is 12.3. The second-order valence-electron chi connectivity index (χ2n) is 6.31. The van der Waals surface area contributed by atoms with Gasteiger partial charge in [0.25, 0.3) is 11.8 Å². The first-order valence-corrected chi connectivity index (χ1v) is 11.3. The monoisotopic (exact) mass is 426 g/mol. The number of anilines is 1. The Kier molecular flexibility index (Phi) is 7.37. The largest absolute Gasteiger partial charge is 0.348 e. The topological polar surface area (TPSA) is 84.0 Å². The maximum absolute atomic E-state index is 12.3. The Morgan fingerprint density at radius 3 is 2.38 bits per heavy atom. The van der Waals surface area contributed by atoms with Crippen molar-refractivity contribution in [3.8, 4) is 0 Å². The normalized spacial score (nSPS) is 10.6. The third-order valence-corrected chi connectivity index (χ3v) is 5.87. The Labute approximate surface area is 178 Å². The average Bonchev–Trinajstić information content (AvgIpc) is 3.22. The molecule has 8 heteroatoms. The van der Waals surface area contributed by atoms with E-state index in [1.165, 1.54) is 16.2 Å². The molecule has 0 aliphatic carbocycles. The van der Waals surface area contributed by atoms with E-state index in [1.54, 1.807) is 36.0 Å². The molecule has 0 radical (unpaired) electrons. The number of carbonyl (C=O) groups excluding carboxylic acids is 2. The van der Waals surface area contributed by atoms with E-state index >= 15 is 0 Å². The number of nitrogens with one attached hydrogen (secondary N) is 2. The molecule has 1 aromatic heterocycles. The summed E-state index contributed by atoms with van der Waals surface area (Å²) in [5.41, 5.74) is 2.18. The molecular weight excluding hydrogens is 404 g/mol. The molecule has 6 nitrogen and oxygen atoms in total. The van der Waals surface area contributed by atoms with Crippen LogP contribution < -0.4 is 10.6 Å². The van der Waals surface area contributed by atoms with Crippen LogP contribution in [0.1, 0.15) is 44.1 Å². The molecule has 2 N–H and O–H groups in total. The Morgan fingerprint density at radius 2 is 1.72 bits per heavy atom. The van der Waals surface area contributed by atoms with Crippen LogP contribution in [-0.2, 0) is 13.0 Å². The van der Waals surface area contributed by atoms with Gasteiger partial charge in [-0.15, -0.1) is 22.0 Å². The summed E-state index contributed by atoms with van der Waals surface area (Å²) in [7, 11) is 0. The van der Waals surface area contributed by atoms with Crippen LogP contribution in [0.2, 0.25) is 0 Å². The minimum Gasteiger partial charge on any atom is -0.348 e. The molecule has 0 fully saturated rings. The lowest BCUT2D eigenvalue weighted by molar-refractivity contribution is 0.0950. The van der Waals surface area contributed by atoms with Gasteiger partial charge in [-0.2, -0.15) is 0 Å². The summed E-state index contributed by atoms with van der Waals surface area (Å²) in [6, 6.07) is 14.9. The fourth-order valence-electron chi connectivity index (χ4n) is 2.58. The highest BCUT2D eigenvalue weighted by atomic mass is 32.2. The van der Waals surface area contributed by atoms with Crippen LogP contribution in [0.4, 0.5) is 5.69 Å². The van der Waals surface area contributed by atoms with E-state index in [1.807, 2.05) is 30.5 Å². The molecule has 2 aromatic carbocycles. The number of rotatable bonds is 8. The highest BCUT2D eigenvalue weighted by Gasteiger charge is 2.13. The number of hydrogen-bond acceptors (Lipinski definition) is 6. The van der Waals surface area contributed by atoms with Gasteiger partial charge in [0.15, 0.2) is 0 Å². The number of carbonyl (C=O) groups is 2. The van der Waals surface area contributed by atoms with E-state index in [2.05, 4.69) is 27.8 Å². The summed E-state index contributed by atoms with van der Waals surface area (Å²) in [4.78, 5) is 25.8. The smallest absolute Gasteiger partial charge is 0.286 e. The van der Waals surface area contributed by atoms with Crippen molar-refractivity contribution in [1.29, 1.82) is 0 Å². The van der Waals surface area contributed by atoms with Crippen LogP contribution in [0.3, 0.4) is 0 Å². The van der Waals surface area contributed by atoms with Crippen molar-refractivity contribution in [3.05, 3.63) is 69.7 Å². The predicted molar refractivity (Wildman–Crippen MR) is 118 cm³/mol. The lowest BCUT2D eigenvalue weighted by atomic mass is 10.1. The molecule has 0 aliphatic rings. The molecule has 0 aliphatic heterocycles. The Morgan fingerprint density at radius 1 is 1.00 bits per heavy atom. The Balaban J connectivity index is 1.54. The molecule has 0 saturated heterocycles. The molecule has 0 saturated carbocycles. The number of aryl methyl sites for hydroxylation is 1. The number of amides is 2. The molecule has 3 aromatic rings. The highest BCUT2D eigenvalue weighted by molar-refractivity contribution is 7.98. The molecule has 3 rings (SSSR count). The lowest BCUT2D eigenvalue weighted by Crippen LogP contribution is -2.22. The first-order chi connectivity index (χ1) is 14.1. The summed E-state index contributed by atoms with van der Waals surface area (Å²) in [5, 5.41) is 14.8. The van der Waals surface area contributed by atoms with E-state index in [9.17, 15) is 9.59 Å². The van der Waals surface area contributed by atoms with Gasteiger partial charge in [0, 0.05) is 29.1 Å². The van der Waals surface area contributed by atoms with Crippen molar-refractivity contribution >= 4 is 40.6 Å². The summed E-state index contributed by atoms with van der Waals surface area (Å²) in [6.07, 6.45) is 3.81. The molecule has 2 amide bonds. The zero-order valence-electron chi connectivity index (χ0n) is 16.3. The third-order valence-electron chi connectivity index (χ3n) is 4.14. The molecule has 0 atom stereocenters. The second-order valence-corrected chi connectivity index (χ2v) is 8.25. The van der Waals surface area contributed by atoms with E-state index in [0.29, 0.717) is 22.8 Å². The number of nitrogens with zero attached hydrogens (tertiary/aromatic N) is 2. The number of thioether (sulfide) groups is 1. The van der Waals surface area contributed by atoms with Crippen molar-refractivity contribution in [2.24, 2.45) is 0 Å². The van der Waals surface area contributed by atoms with Crippen molar-refractivity contribution in [1.82, 2.24) is 15.5 Å². The number of benzene rings is 2. The van der Waals surface area contributed by atoms with E-state index in [4.69, 9.17) is 0 Å². The molecule has 1 heterocycles. The summed E-state index contributed by atoms with van der Waals surface area (Å²) >= 11 is 2.98. The van der Waals surface area contributed by atoms with Gasteiger partial charge in [-0.25, -0.2) is 0 Å². The fraction of sp³-hybridized carbons (Fsp3) is 0.238. The fourth-order valence-corrected chi connectivity index (χ4v) is 3.82. The maximum Gasteiger partial charge on any atom is 0.286 e. The predicted octanol–water partition coefficient (Wildman–Crippen LogP) is 4.39. The van der Waals surface area contributed by atoms with Gasteiger partial charge < -0.3 is 10.6 Å². The molecule has 150 valence electrons. The number of hydrogen-bond donors (Lipinski definition) is 2. The van der Waals surface area contributed by atoms with E-state index in [-0.39, 0.29) is 11.8 Å². The molecule has 0 unspecified atom stereocenters. The van der Waals surface area contributed by atoms with Crippen molar-refractivity contribution < 1.29 is 9.59 Å². The SMILES string of the molecule is CCCc1nnc(C(=O)Nc2ccc(C(=O)NCc3ccc(SC)cc3)cc2)s1. The molecule has 0 bridgehead atoms. The van der Waals surface area contributed by atoms with Gasteiger partial charge in [0.05, 0.1) is 0 Å². The standard InChI is InChI=1S/C21H22N4O2S2/c1-3-4-18-24-25-21(29-18)20(27)23-16-9-7-15(8-10-16)19(26)22-13-14-5-11-17(28-2)12-6-14/h5-12H,3-4,13H2,1-2H3,(H,22,26)(H,23,27). The average molecular weight is 427 g/mol. The van der Waals surface area contributed by atoms with Crippen LogP contribution in [-0.4, -0.2) is 28.3 Å². The van der Waals surface area contributed by atoms with Crippen LogP contribution >= 0.6 is 23.1 Å². The van der Waals surface area contributed by atoms with Gasteiger partial charge in [-0.3, -0.25) is 9.59 Å². The summed E-state index contributed by atoms with van der Waals surface area (Å²) < 4.78 is 0. The van der Waals surface area contributed by atoms with Crippen molar-refractivity contribution in [2.45, 2.75) is 31.2 Å². The summed E-state index contributed by atoms with van der Waals surface area (Å²) in [5.74, 6) is -0.458. The van der Waals surface area contributed by atoms with Crippen molar-refractivity contribution in [3.63, 3.8) is 0 Å². The minimum atomic E-state index is -0.296. The third kappa shape index (κ3) is 5.88. The van der Waals surface area contributed by atoms with Gasteiger partial charge in [-0.05, 0) is 54.6 Å². The molecular formula is C21H22N4O2S2. The first-order valence-electron chi connectivity index (χ1n) is 9.24. The summed E-state index contributed by atoms with van der Waals surface area (Å²) in [6.45, 7) is 2.52.